The Morgan fingerprint density at radius 2 is 2.03 bits per heavy atom. The molecule has 1 saturated carbocycles. The van der Waals surface area contributed by atoms with Gasteiger partial charge in [0.1, 0.15) is 11.6 Å². The van der Waals surface area contributed by atoms with Gasteiger partial charge in [-0.1, -0.05) is 25.4 Å². The molecule has 1 aliphatic carbocycles. The number of carbonyl (C=O) groups excluding carboxylic acids is 1. The average Bonchev–Trinajstić information content (AvgIpc) is 2.80. The van der Waals surface area contributed by atoms with Crippen molar-refractivity contribution in [3.05, 3.63) is 45.8 Å². The standard InChI is InChI=1S/C27H32ClN5O3/c1-5-20(34)13-36-23-9-18-8-19(6-7-22(18)33(16(2)3)25(23)35)30-24-21(28)12-29-26(31-24)32-14-27(15-32)10-17(4)11-27/h6-9,12,16-17H,5,10-11,13-15H2,1-4H3,(H,29,30,31). The lowest BCUT2D eigenvalue weighted by molar-refractivity contribution is -0.120. The normalized spacial score (nSPS) is 16.8. The zero-order chi connectivity index (χ0) is 25.6. The summed E-state index contributed by atoms with van der Waals surface area (Å²) in [7, 11) is 0. The fourth-order valence-electron chi connectivity index (χ4n) is 5.59. The van der Waals surface area contributed by atoms with Gasteiger partial charge in [0.2, 0.25) is 5.95 Å². The first-order valence-electron chi connectivity index (χ1n) is 12.6. The third-order valence-electron chi connectivity index (χ3n) is 7.20. The number of Topliss-reactive ketones (excluding diaryl/α,β-unsaturated/α-hetero) is 1. The van der Waals surface area contributed by atoms with Gasteiger partial charge in [-0.25, -0.2) is 4.98 Å². The van der Waals surface area contributed by atoms with Gasteiger partial charge in [-0.05, 0) is 56.9 Å². The van der Waals surface area contributed by atoms with Gasteiger partial charge >= 0.3 is 0 Å². The number of nitrogens with zero attached hydrogens (tertiary/aromatic N) is 4. The lowest BCUT2D eigenvalue weighted by atomic mass is 9.58. The molecule has 1 saturated heterocycles. The molecule has 0 radical (unpaired) electrons. The number of pyridine rings is 1. The maximum absolute atomic E-state index is 13.0. The van der Waals surface area contributed by atoms with Crippen LogP contribution in [-0.2, 0) is 4.79 Å². The molecule has 9 heteroatoms. The molecule has 2 aromatic heterocycles. The maximum Gasteiger partial charge on any atom is 0.293 e. The van der Waals surface area contributed by atoms with E-state index in [0.29, 0.717) is 28.6 Å². The fourth-order valence-corrected chi connectivity index (χ4v) is 5.73. The Labute approximate surface area is 215 Å². The predicted octanol–water partition coefficient (Wildman–Crippen LogP) is 5.36. The minimum Gasteiger partial charge on any atom is -0.480 e. The van der Waals surface area contributed by atoms with E-state index in [1.54, 1.807) is 23.8 Å². The fraction of sp³-hybridized carbons (Fsp3) is 0.481. The first-order chi connectivity index (χ1) is 17.2. The molecular formula is C27H32ClN5O3. The van der Waals surface area contributed by atoms with E-state index in [9.17, 15) is 9.59 Å². The van der Waals surface area contributed by atoms with Gasteiger partial charge in [0, 0.05) is 42.0 Å². The van der Waals surface area contributed by atoms with Crippen LogP contribution in [0.1, 0.15) is 53.0 Å². The number of hydrogen-bond donors (Lipinski definition) is 1. The molecule has 0 unspecified atom stereocenters. The molecule has 2 fully saturated rings. The summed E-state index contributed by atoms with van der Waals surface area (Å²) in [6, 6.07) is 7.33. The van der Waals surface area contributed by atoms with Gasteiger partial charge < -0.3 is 19.5 Å². The number of ketones is 1. The number of rotatable bonds is 8. The third-order valence-corrected chi connectivity index (χ3v) is 7.47. The zero-order valence-corrected chi connectivity index (χ0v) is 21.9. The largest absolute Gasteiger partial charge is 0.480 e. The van der Waals surface area contributed by atoms with Gasteiger partial charge in [-0.15, -0.1) is 0 Å². The number of carbonyl (C=O) groups is 1. The highest BCUT2D eigenvalue weighted by molar-refractivity contribution is 6.32. The van der Waals surface area contributed by atoms with E-state index in [4.69, 9.17) is 21.3 Å². The molecule has 3 aromatic rings. The molecule has 2 aliphatic rings. The highest BCUT2D eigenvalue weighted by atomic mass is 35.5. The second-order valence-corrected chi connectivity index (χ2v) is 11.0. The van der Waals surface area contributed by atoms with Crippen LogP contribution >= 0.6 is 11.6 Å². The van der Waals surface area contributed by atoms with Gasteiger partial charge in [0.25, 0.3) is 5.56 Å². The Balaban J connectivity index is 1.42. The molecule has 5 rings (SSSR count). The SMILES string of the molecule is CCC(=O)COc1cc2cc(Nc3nc(N4CC5(CC(C)C5)C4)ncc3Cl)ccc2n(C(C)C)c1=O. The van der Waals surface area contributed by atoms with Crippen molar-refractivity contribution < 1.29 is 9.53 Å². The number of hydrogen-bond acceptors (Lipinski definition) is 7. The minimum atomic E-state index is -0.251. The summed E-state index contributed by atoms with van der Waals surface area (Å²) in [5, 5.41) is 4.55. The molecule has 1 aromatic carbocycles. The Morgan fingerprint density at radius 1 is 1.28 bits per heavy atom. The molecule has 0 atom stereocenters. The second-order valence-electron chi connectivity index (χ2n) is 10.6. The van der Waals surface area contributed by atoms with Crippen molar-refractivity contribution in [2.45, 2.75) is 53.0 Å². The van der Waals surface area contributed by atoms with E-state index in [2.05, 4.69) is 22.1 Å². The van der Waals surface area contributed by atoms with Crippen molar-refractivity contribution in [2.24, 2.45) is 11.3 Å². The monoisotopic (exact) mass is 509 g/mol. The number of fused-ring (bicyclic) bond motifs is 1. The summed E-state index contributed by atoms with van der Waals surface area (Å²) in [6.07, 6.45) is 4.55. The van der Waals surface area contributed by atoms with E-state index in [1.165, 1.54) is 12.8 Å². The smallest absolute Gasteiger partial charge is 0.293 e. The molecule has 1 N–H and O–H groups in total. The van der Waals surface area contributed by atoms with Crippen LogP contribution in [0.25, 0.3) is 10.9 Å². The van der Waals surface area contributed by atoms with E-state index in [1.807, 2.05) is 32.0 Å². The number of anilines is 3. The van der Waals surface area contributed by atoms with Crippen molar-refractivity contribution >= 4 is 45.7 Å². The van der Waals surface area contributed by atoms with Crippen LogP contribution in [0.3, 0.4) is 0 Å². The van der Waals surface area contributed by atoms with E-state index < -0.39 is 0 Å². The highest BCUT2D eigenvalue weighted by Gasteiger charge is 2.51. The number of aromatic nitrogens is 3. The lowest BCUT2D eigenvalue weighted by Crippen LogP contribution is -2.62. The van der Waals surface area contributed by atoms with Crippen LogP contribution in [0.2, 0.25) is 5.02 Å². The summed E-state index contributed by atoms with van der Waals surface area (Å²) in [5.74, 6) is 2.13. The Morgan fingerprint density at radius 3 is 2.69 bits per heavy atom. The third kappa shape index (κ3) is 4.54. The topological polar surface area (TPSA) is 89.3 Å². The number of halogens is 1. The molecule has 190 valence electrons. The maximum atomic E-state index is 13.0. The quantitative estimate of drug-likeness (QED) is 0.437. The van der Waals surface area contributed by atoms with Crippen LogP contribution in [-0.4, -0.2) is 40.0 Å². The Kier molecular flexibility index (Phi) is 6.41. The van der Waals surface area contributed by atoms with Crippen LogP contribution in [0.5, 0.6) is 5.75 Å². The zero-order valence-electron chi connectivity index (χ0n) is 21.2. The summed E-state index contributed by atoms with van der Waals surface area (Å²) in [6.45, 7) is 9.82. The van der Waals surface area contributed by atoms with Crippen molar-refractivity contribution in [3.8, 4) is 5.75 Å². The average molecular weight is 510 g/mol. The molecule has 0 bridgehead atoms. The Hall–Kier alpha value is -3.13. The van der Waals surface area contributed by atoms with Crippen LogP contribution in [0.4, 0.5) is 17.5 Å². The van der Waals surface area contributed by atoms with Gasteiger partial charge in [0.05, 0.1) is 11.7 Å². The van der Waals surface area contributed by atoms with Gasteiger partial charge in [-0.2, -0.15) is 4.98 Å². The molecular weight excluding hydrogens is 478 g/mol. The first kappa shape index (κ1) is 24.6. The Bertz CT molecular complexity index is 1370. The second kappa shape index (κ2) is 9.39. The van der Waals surface area contributed by atoms with Crippen molar-refractivity contribution in [1.82, 2.24) is 14.5 Å². The van der Waals surface area contributed by atoms with Crippen LogP contribution in [0, 0.1) is 11.3 Å². The highest BCUT2D eigenvalue weighted by Crippen LogP contribution is 2.52. The van der Waals surface area contributed by atoms with Gasteiger partial charge in [-0.3, -0.25) is 9.59 Å². The van der Waals surface area contributed by atoms with E-state index in [0.717, 1.165) is 35.6 Å². The van der Waals surface area contributed by atoms with Crippen LogP contribution < -0.4 is 20.5 Å². The molecule has 8 nitrogen and oxygen atoms in total. The van der Waals surface area contributed by atoms with E-state index in [-0.39, 0.29) is 29.7 Å². The van der Waals surface area contributed by atoms with Crippen molar-refractivity contribution in [3.63, 3.8) is 0 Å². The lowest BCUT2D eigenvalue weighted by Gasteiger charge is -2.58. The van der Waals surface area contributed by atoms with Gasteiger partial charge in [0.15, 0.2) is 17.4 Å². The summed E-state index contributed by atoms with van der Waals surface area (Å²) < 4.78 is 7.30. The minimum absolute atomic E-state index is 0.0600. The number of benzene rings is 1. The van der Waals surface area contributed by atoms with Crippen LogP contribution in [0.15, 0.2) is 35.3 Å². The molecule has 36 heavy (non-hydrogen) atoms. The molecule has 1 spiro atoms. The van der Waals surface area contributed by atoms with E-state index >= 15 is 0 Å². The molecule has 0 amide bonds. The number of ether oxygens (including phenoxy) is 1. The summed E-state index contributed by atoms with van der Waals surface area (Å²) >= 11 is 6.44. The summed E-state index contributed by atoms with van der Waals surface area (Å²) in [4.78, 5) is 36.2. The first-order valence-corrected chi connectivity index (χ1v) is 12.9. The van der Waals surface area contributed by atoms with Crippen molar-refractivity contribution in [1.29, 1.82) is 0 Å². The predicted molar refractivity (Wildman–Crippen MR) is 143 cm³/mol. The van der Waals surface area contributed by atoms with Crippen molar-refractivity contribution in [2.75, 3.05) is 29.9 Å². The molecule has 3 heterocycles. The molecule has 1 aliphatic heterocycles. The summed E-state index contributed by atoms with van der Waals surface area (Å²) in [5.41, 5.74) is 1.75. The number of nitrogens with one attached hydrogen (secondary N) is 1.